The van der Waals surface area contributed by atoms with E-state index in [0.29, 0.717) is 6.04 Å². The molecule has 1 aliphatic rings. The molecule has 1 heterocycles. The molecule has 2 rings (SSSR count). The number of ether oxygens (including phenoxy) is 1. The predicted molar refractivity (Wildman–Crippen MR) is 71.3 cm³/mol. The van der Waals surface area contributed by atoms with Crippen molar-refractivity contribution >= 4 is 0 Å². The maximum Gasteiger partial charge on any atom is 0.0475 e. The van der Waals surface area contributed by atoms with Crippen LogP contribution in [0.3, 0.4) is 0 Å². The van der Waals surface area contributed by atoms with Crippen LogP contribution in [-0.2, 0) is 10.2 Å². The van der Waals surface area contributed by atoms with Crippen LogP contribution >= 0.6 is 0 Å². The summed E-state index contributed by atoms with van der Waals surface area (Å²) in [4.78, 5) is 0. The van der Waals surface area contributed by atoms with Gasteiger partial charge in [0.05, 0.1) is 0 Å². The van der Waals surface area contributed by atoms with Gasteiger partial charge in [-0.25, -0.2) is 0 Å². The monoisotopic (exact) mass is 233 g/mol. The Morgan fingerprint density at radius 3 is 2.47 bits per heavy atom. The van der Waals surface area contributed by atoms with Crippen molar-refractivity contribution in [3.05, 3.63) is 35.9 Å². The van der Waals surface area contributed by atoms with Crippen LogP contribution in [0, 0.1) is 0 Å². The van der Waals surface area contributed by atoms with Gasteiger partial charge in [-0.2, -0.15) is 0 Å². The fraction of sp³-hybridized carbons (Fsp3) is 0.600. The molecule has 1 unspecified atom stereocenters. The summed E-state index contributed by atoms with van der Waals surface area (Å²) in [6.45, 7) is 7.27. The van der Waals surface area contributed by atoms with Crippen molar-refractivity contribution in [2.24, 2.45) is 0 Å². The highest BCUT2D eigenvalue weighted by Crippen LogP contribution is 2.37. The lowest BCUT2D eigenvalue weighted by molar-refractivity contribution is 0.0373. The summed E-state index contributed by atoms with van der Waals surface area (Å²) in [5.74, 6) is 0. The van der Waals surface area contributed by atoms with Crippen LogP contribution in [0.1, 0.15) is 32.3 Å². The zero-order valence-electron chi connectivity index (χ0n) is 10.9. The van der Waals surface area contributed by atoms with Crippen LogP contribution in [0.4, 0.5) is 0 Å². The minimum atomic E-state index is 0.246. The highest BCUT2D eigenvalue weighted by molar-refractivity contribution is 5.28. The fourth-order valence-corrected chi connectivity index (χ4v) is 2.98. The van der Waals surface area contributed by atoms with E-state index < -0.39 is 0 Å². The first-order valence-electron chi connectivity index (χ1n) is 6.66. The summed E-state index contributed by atoms with van der Waals surface area (Å²) in [6.07, 6.45) is 2.23. The lowest BCUT2D eigenvalue weighted by atomic mass is 9.69. The van der Waals surface area contributed by atoms with Crippen LogP contribution in [0.25, 0.3) is 0 Å². The summed E-state index contributed by atoms with van der Waals surface area (Å²) in [5.41, 5.74) is 1.70. The van der Waals surface area contributed by atoms with Crippen molar-refractivity contribution in [3.63, 3.8) is 0 Å². The molecule has 1 aliphatic heterocycles. The first kappa shape index (κ1) is 12.6. The first-order valence-corrected chi connectivity index (χ1v) is 6.66. The van der Waals surface area contributed by atoms with E-state index in [1.54, 1.807) is 0 Å². The Balaban J connectivity index is 2.29. The Hall–Kier alpha value is -0.860. The average Bonchev–Trinajstić information content (AvgIpc) is 2.41. The van der Waals surface area contributed by atoms with E-state index in [9.17, 15) is 0 Å². The topological polar surface area (TPSA) is 21.3 Å². The molecule has 1 aromatic carbocycles. The molecule has 1 N–H and O–H groups in total. The van der Waals surface area contributed by atoms with Crippen LogP contribution in [0.15, 0.2) is 30.3 Å². The third-order valence-corrected chi connectivity index (χ3v) is 4.07. The molecule has 2 heteroatoms. The third-order valence-electron chi connectivity index (χ3n) is 4.07. The van der Waals surface area contributed by atoms with E-state index in [0.717, 1.165) is 32.6 Å². The lowest BCUT2D eigenvalue weighted by Gasteiger charge is -2.43. The highest BCUT2D eigenvalue weighted by atomic mass is 16.5. The van der Waals surface area contributed by atoms with Gasteiger partial charge in [0.25, 0.3) is 0 Å². The number of likely N-dealkylation sites (N-methyl/N-ethyl adjacent to an activating group) is 1. The molecule has 94 valence electrons. The van der Waals surface area contributed by atoms with Crippen molar-refractivity contribution < 1.29 is 4.74 Å². The second-order valence-corrected chi connectivity index (χ2v) is 4.91. The molecule has 0 aliphatic carbocycles. The van der Waals surface area contributed by atoms with Gasteiger partial charge >= 0.3 is 0 Å². The highest BCUT2D eigenvalue weighted by Gasteiger charge is 2.38. The second kappa shape index (κ2) is 5.65. The Bertz CT molecular complexity index is 330. The van der Waals surface area contributed by atoms with Gasteiger partial charge in [0.15, 0.2) is 0 Å². The van der Waals surface area contributed by atoms with Gasteiger partial charge < -0.3 is 10.1 Å². The number of rotatable bonds is 4. The van der Waals surface area contributed by atoms with E-state index in [2.05, 4.69) is 49.5 Å². The van der Waals surface area contributed by atoms with Crippen molar-refractivity contribution in [3.8, 4) is 0 Å². The smallest absolute Gasteiger partial charge is 0.0475 e. The molecule has 1 fully saturated rings. The van der Waals surface area contributed by atoms with Gasteiger partial charge in [-0.15, -0.1) is 0 Å². The molecule has 0 saturated carbocycles. The van der Waals surface area contributed by atoms with Crippen LogP contribution in [0.5, 0.6) is 0 Å². The van der Waals surface area contributed by atoms with E-state index >= 15 is 0 Å². The molecule has 1 atom stereocenters. The number of hydrogen-bond acceptors (Lipinski definition) is 2. The van der Waals surface area contributed by atoms with E-state index in [1.165, 1.54) is 5.56 Å². The van der Waals surface area contributed by atoms with E-state index in [-0.39, 0.29) is 5.41 Å². The Labute approximate surface area is 104 Å². The molecule has 0 radical (unpaired) electrons. The minimum Gasteiger partial charge on any atom is -0.381 e. The molecule has 0 bridgehead atoms. The third kappa shape index (κ3) is 2.53. The molecular weight excluding hydrogens is 210 g/mol. The van der Waals surface area contributed by atoms with Crippen molar-refractivity contribution in [2.45, 2.75) is 38.1 Å². The van der Waals surface area contributed by atoms with Crippen LogP contribution < -0.4 is 5.32 Å². The molecule has 0 aromatic heterocycles. The van der Waals surface area contributed by atoms with Gasteiger partial charge in [0.2, 0.25) is 0 Å². The molecule has 17 heavy (non-hydrogen) atoms. The summed E-state index contributed by atoms with van der Waals surface area (Å²) in [7, 11) is 0. The largest absolute Gasteiger partial charge is 0.381 e. The van der Waals surface area contributed by atoms with Gasteiger partial charge in [-0.3, -0.25) is 0 Å². The SMILES string of the molecule is CCNC(C)C1(c2ccccc2)CCOCC1. The molecule has 1 aromatic rings. The maximum atomic E-state index is 5.55. The summed E-state index contributed by atoms with van der Waals surface area (Å²) < 4.78 is 5.55. The van der Waals surface area contributed by atoms with Crippen molar-refractivity contribution in [2.75, 3.05) is 19.8 Å². The zero-order chi connectivity index (χ0) is 12.1. The first-order chi connectivity index (χ1) is 8.29. The van der Waals surface area contributed by atoms with Crippen LogP contribution in [0.2, 0.25) is 0 Å². The Kier molecular flexibility index (Phi) is 4.19. The average molecular weight is 233 g/mol. The minimum absolute atomic E-state index is 0.246. The number of nitrogens with one attached hydrogen (secondary N) is 1. The quantitative estimate of drug-likeness (QED) is 0.863. The van der Waals surface area contributed by atoms with Crippen molar-refractivity contribution in [1.29, 1.82) is 0 Å². The normalized spacial score (nSPS) is 21.1. The molecule has 0 amide bonds. The summed E-state index contributed by atoms with van der Waals surface area (Å²) >= 11 is 0. The lowest BCUT2D eigenvalue weighted by Crippen LogP contribution is -2.49. The Morgan fingerprint density at radius 1 is 1.24 bits per heavy atom. The summed E-state index contributed by atoms with van der Waals surface area (Å²) in [6, 6.07) is 11.4. The zero-order valence-corrected chi connectivity index (χ0v) is 10.9. The predicted octanol–water partition coefficient (Wildman–Crippen LogP) is 2.73. The molecule has 1 saturated heterocycles. The van der Waals surface area contributed by atoms with Gasteiger partial charge in [-0.1, -0.05) is 37.3 Å². The molecular formula is C15H23NO. The van der Waals surface area contributed by atoms with Crippen molar-refractivity contribution in [1.82, 2.24) is 5.32 Å². The van der Waals surface area contributed by atoms with E-state index in [1.807, 2.05) is 0 Å². The number of hydrogen-bond donors (Lipinski definition) is 1. The standard InChI is InChI=1S/C15H23NO/c1-3-16-13(2)15(9-11-17-12-10-15)14-7-5-4-6-8-14/h4-8,13,16H,3,9-12H2,1-2H3. The van der Waals surface area contributed by atoms with Crippen LogP contribution in [-0.4, -0.2) is 25.8 Å². The second-order valence-electron chi connectivity index (χ2n) is 4.91. The van der Waals surface area contributed by atoms with Gasteiger partial charge in [0, 0.05) is 24.7 Å². The Morgan fingerprint density at radius 2 is 1.88 bits per heavy atom. The summed E-state index contributed by atoms with van der Waals surface area (Å²) in [5, 5.41) is 3.60. The van der Waals surface area contributed by atoms with Gasteiger partial charge in [0.1, 0.15) is 0 Å². The van der Waals surface area contributed by atoms with Gasteiger partial charge in [-0.05, 0) is 31.9 Å². The van der Waals surface area contributed by atoms with E-state index in [4.69, 9.17) is 4.74 Å². The molecule has 2 nitrogen and oxygen atoms in total. The fourth-order valence-electron chi connectivity index (χ4n) is 2.98. The number of benzene rings is 1. The molecule has 0 spiro atoms. The maximum absolute atomic E-state index is 5.55.